The van der Waals surface area contributed by atoms with Gasteiger partial charge in [-0.1, -0.05) is 12.1 Å². The number of aromatic nitrogens is 1. The first kappa shape index (κ1) is 24.2. The van der Waals surface area contributed by atoms with Gasteiger partial charge in [0.1, 0.15) is 5.54 Å². The average molecular weight is 491 g/mol. The van der Waals surface area contributed by atoms with E-state index in [9.17, 15) is 22.8 Å². The van der Waals surface area contributed by atoms with Gasteiger partial charge >= 0.3 is 6.18 Å². The minimum atomic E-state index is -4.39. The molecular weight excluding hydrogens is 457 g/mol. The number of alkyl halides is 3. The third-order valence-corrected chi connectivity index (χ3v) is 8.23. The summed E-state index contributed by atoms with van der Waals surface area (Å²) >= 11 is 0. The van der Waals surface area contributed by atoms with Crippen molar-refractivity contribution in [2.75, 3.05) is 13.1 Å². The fourth-order valence-corrected chi connectivity index (χ4v) is 6.19. The topological polar surface area (TPSA) is 66.4 Å². The van der Waals surface area contributed by atoms with Gasteiger partial charge in [0.05, 0.1) is 12.1 Å². The number of benzene rings is 1. The molecule has 1 saturated carbocycles. The lowest BCUT2D eigenvalue weighted by Gasteiger charge is -2.38. The van der Waals surface area contributed by atoms with Crippen LogP contribution in [0.3, 0.4) is 0 Å². The van der Waals surface area contributed by atoms with E-state index < -0.39 is 17.6 Å². The zero-order chi connectivity index (χ0) is 25.0. The summed E-state index contributed by atoms with van der Waals surface area (Å²) in [6.45, 7) is 5.44. The molecule has 1 aliphatic carbocycles. The predicted molar refractivity (Wildman–Crippen MR) is 127 cm³/mol. The maximum atomic E-state index is 13.2. The number of nitrogens with one attached hydrogen (secondary N) is 2. The summed E-state index contributed by atoms with van der Waals surface area (Å²) in [6, 6.07) is 6.40. The first-order chi connectivity index (χ1) is 16.6. The number of piperidine rings is 1. The van der Waals surface area contributed by atoms with Crippen molar-refractivity contribution in [3.8, 4) is 0 Å². The van der Waals surface area contributed by atoms with E-state index in [4.69, 9.17) is 0 Å². The number of hydrogen-bond acceptors (Lipinski definition) is 3. The lowest BCUT2D eigenvalue weighted by Crippen LogP contribution is -2.54. The minimum Gasteiger partial charge on any atom is -0.352 e. The molecule has 3 aliphatic rings. The van der Waals surface area contributed by atoms with E-state index >= 15 is 0 Å². The van der Waals surface area contributed by atoms with Gasteiger partial charge in [-0.15, -0.1) is 0 Å². The molecule has 9 heteroatoms. The van der Waals surface area contributed by atoms with E-state index in [-0.39, 0.29) is 37.4 Å². The molecule has 2 unspecified atom stereocenters. The molecule has 1 aromatic heterocycles. The van der Waals surface area contributed by atoms with Crippen molar-refractivity contribution in [2.24, 2.45) is 5.92 Å². The largest absolute Gasteiger partial charge is 0.411 e. The highest BCUT2D eigenvalue weighted by molar-refractivity contribution is 6.08. The van der Waals surface area contributed by atoms with Crippen LogP contribution in [0.4, 0.5) is 13.2 Å². The van der Waals surface area contributed by atoms with Crippen LogP contribution >= 0.6 is 0 Å². The number of nitrogens with zero attached hydrogens (tertiary/aromatic N) is 2. The van der Waals surface area contributed by atoms with Crippen LogP contribution in [0.25, 0.3) is 10.9 Å². The lowest BCUT2D eigenvalue weighted by atomic mass is 9.90. The number of halogens is 3. The van der Waals surface area contributed by atoms with Crippen LogP contribution in [-0.4, -0.2) is 58.2 Å². The number of amides is 2. The third kappa shape index (κ3) is 4.43. The van der Waals surface area contributed by atoms with E-state index in [1.54, 1.807) is 0 Å². The molecule has 2 aliphatic heterocycles. The van der Waals surface area contributed by atoms with Crippen molar-refractivity contribution in [1.82, 2.24) is 20.1 Å². The standard InChI is InChI=1S/C26H33F3N4O2/c1-3-32-14-20(23-16(2)5-4-6-21(23)32)24(35)30-13-17-11-18-7-8-19(12-17)33(18)15-22(34)31-25(9-10-25)26(27,28)29/h4-6,14,17-19H,3,7-13,15H2,1-2H3,(H,30,35)(H,31,34). The van der Waals surface area contributed by atoms with Crippen LogP contribution in [-0.2, 0) is 11.3 Å². The number of rotatable bonds is 7. The van der Waals surface area contributed by atoms with Crippen molar-refractivity contribution in [2.45, 2.75) is 82.7 Å². The van der Waals surface area contributed by atoms with Crippen LogP contribution < -0.4 is 10.6 Å². The second-order valence-electron chi connectivity index (χ2n) is 10.5. The van der Waals surface area contributed by atoms with Gasteiger partial charge in [0.15, 0.2) is 0 Å². The molecular formula is C26H33F3N4O2. The molecule has 190 valence electrons. The fraction of sp³-hybridized carbons (Fsp3) is 0.615. The Balaban J connectivity index is 1.18. The van der Waals surface area contributed by atoms with Gasteiger partial charge in [0.25, 0.3) is 5.91 Å². The molecule has 5 rings (SSSR count). The molecule has 2 saturated heterocycles. The maximum Gasteiger partial charge on any atom is 0.411 e. The molecule has 2 atom stereocenters. The van der Waals surface area contributed by atoms with Gasteiger partial charge < -0.3 is 15.2 Å². The number of carbonyl (C=O) groups excluding carboxylic acids is 2. The van der Waals surface area contributed by atoms with E-state index in [0.717, 1.165) is 48.7 Å². The first-order valence-electron chi connectivity index (χ1n) is 12.6. The van der Waals surface area contributed by atoms with Crippen LogP contribution in [0.15, 0.2) is 24.4 Å². The van der Waals surface area contributed by atoms with Crippen molar-refractivity contribution in [1.29, 1.82) is 0 Å². The molecule has 1 aromatic carbocycles. The second kappa shape index (κ2) is 8.84. The Morgan fingerprint density at radius 1 is 1.14 bits per heavy atom. The molecule has 2 N–H and O–H groups in total. The van der Waals surface area contributed by atoms with Gasteiger partial charge in [-0.3, -0.25) is 14.5 Å². The van der Waals surface area contributed by atoms with Crippen LogP contribution in [0.1, 0.15) is 61.4 Å². The molecule has 2 amide bonds. The van der Waals surface area contributed by atoms with Crippen LogP contribution in [0.5, 0.6) is 0 Å². The summed E-state index contributed by atoms with van der Waals surface area (Å²) in [5.41, 5.74) is 0.810. The van der Waals surface area contributed by atoms with Gasteiger partial charge in [-0.05, 0) is 69.9 Å². The predicted octanol–water partition coefficient (Wildman–Crippen LogP) is 4.15. The summed E-state index contributed by atoms with van der Waals surface area (Å²) in [7, 11) is 0. The Morgan fingerprint density at radius 3 is 2.43 bits per heavy atom. The highest BCUT2D eigenvalue weighted by Gasteiger charge is 2.64. The van der Waals surface area contributed by atoms with E-state index in [2.05, 4.69) is 27.0 Å². The Morgan fingerprint density at radius 2 is 1.83 bits per heavy atom. The summed E-state index contributed by atoms with van der Waals surface area (Å²) in [4.78, 5) is 27.6. The molecule has 2 bridgehead atoms. The number of carbonyl (C=O) groups is 2. The maximum absolute atomic E-state index is 13.2. The second-order valence-corrected chi connectivity index (χ2v) is 10.5. The third-order valence-electron chi connectivity index (χ3n) is 8.23. The first-order valence-corrected chi connectivity index (χ1v) is 12.6. The molecule has 3 fully saturated rings. The van der Waals surface area contributed by atoms with E-state index in [1.165, 1.54) is 0 Å². The highest BCUT2D eigenvalue weighted by atomic mass is 19.4. The van der Waals surface area contributed by atoms with Gasteiger partial charge in [0.2, 0.25) is 5.91 Å². The smallest absolute Gasteiger partial charge is 0.352 e. The van der Waals surface area contributed by atoms with E-state index in [0.29, 0.717) is 18.0 Å². The molecule has 0 radical (unpaired) electrons. The average Bonchev–Trinajstić information content (AvgIpc) is 3.44. The molecule has 2 aromatic rings. The fourth-order valence-electron chi connectivity index (χ4n) is 6.19. The lowest BCUT2D eigenvalue weighted by molar-refractivity contribution is -0.170. The number of hydrogen-bond donors (Lipinski definition) is 2. The molecule has 6 nitrogen and oxygen atoms in total. The molecule has 35 heavy (non-hydrogen) atoms. The SMILES string of the molecule is CCn1cc(C(=O)NCC2CC3CCC(C2)N3CC(=O)NC2(C(F)(F)F)CC2)c2c(C)cccc21. The number of aryl methyl sites for hydroxylation is 2. The van der Waals surface area contributed by atoms with Crippen molar-refractivity contribution in [3.63, 3.8) is 0 Å². The van der Waals surface area contributed by atoms with Crippen molar-refractivity contribution in [3.05, 3.63) is 35.5 Å². The van der Waals surface area contributed by atoms with Crippen molar-refractivity contribution < 1.29 is 22.8 Å². The van der Waals surface area contributed by atoms with Gasteiger partial charge in [-0.2, -0.15) is 13.2 Å². The quantitative estimate of drug-likeness (QED) is 0.613. The Hall–Kier alpha value is -2.55. The van der Waals surface area contributed by atoms with E-state index in [1.807, 2.05) is 31.3 Å². The monoisotopic (exact) mass is 490 g/mol. The zero-order valence-corrected chi connectivity index (χ0v) is 20.3. The zero-order valence-electron chi connectivity index (χ0n) is 20.3. The Bertz CT molecular complexity index is 1120. The Kier molecular flexibility index (Phi) is 6.10. The van der Waals surface area contributed by atoms with Crippen LogP contribution in [0, 0.1) is 12.8 Å². The van der Waals surface area contributed by atoms with Gasteiger partial charge in [0, 0.05) is 42.3 Å². The summed E-state index contributed by atoms with van der Waals surface area (Å²) < 4.78 is 41.7. The van der Waals surface area contributed by atoms with Gasteiger partial charge in [-0.25, -0.2) is 0 Å². The number of fused-ring (bicyclic) bond motifs is 3. The molecule has 3 heterocycles. The normalized spacial score (nSPS) is 25.6. The Labute approximate surface area is 203 Å². The highest BCUT2D eigenvalue weighted by Crippen LogP contribution is 2.49. The summed E-state index contributed by atoms with van der Waals surface area (Å²) in [5.74, 6) is -0.319. The summed E-state index contributed by atoms with van der Waals surface area (Å²) in [5, 5.41) is 6.37. The van der Waals surface area contributed by atoms with Crippen molar-refractivity contribution >= 4 is 22.7 Å². The summed E-state index contributed by atoms with van der Waals surface area (Å²) in [6.07, 6.45) is 1.02. The minimum absolute atomic E-state index is 0.0159. The van der Waals surface area contributed by atoms with Crippen LogP contribution in [0.2, 0.25) is 0 Å². The molecule has 0 spiro atoms.